The van der Waals surface area contributed by atoms with Crippen LogP contribution in [0.1, 0.15) is 17.1 Å². The van der Waals surface area contributed by atoms with Crippen molar-refractivity contribution in [3.05, 3.63) is 157 Å². The molecule has 0 atom stereocenters. The van der Waals surface area contributed by atoms with E-state index in [1.165, 1.54) is 43.6 Å². The quantitative estimate of drug-likeness (QED) is 0.200. The summed E-state index contributed by atoms with van der Waals surface area (Å²) in [4.78, 5) is 9.36. The van der Waals surface area contributed by atoms with Gasteiger partial charge in [0.15, 0.2) is 0 Å². The first-order valence-corrected chi connectivity index (χ1v) is 16.1. The third-order valence-electron chi connectivity index (χ3n) is 9.57. The molecule has 9 aromatic rings. The van der Waals surface area contributed by atoms with Crippen LogP contribution < -0.4 is 0 Å². The van der Waals surface area contributed by atoms with Gasteiger partial charge in [-0.05, 0) is 79.9 Å². The van der Waals surface area contributed by atoms with E-state index in [-0.39, 0.29) is 0 Å². The Morgan fingerprint density at radius 1 is 0.404 bits per heavy atom. The van der Waals surface area contributed by atoms with Crippen molar-refractivity contribution in [3.63, 3.8) is 0 Å². The number of aryl methyl sites for hydroxylation is 2. The van der Waals surface area contributed by atoms with Gasteiger partial charge >= 0.3 is 0 Å². The van der Waals surface area contributed by atoms with Crippen molar-refractivity contribution >= 4 is 43.6 Å². The molecule has 3 heterocycles. The van der Waals surface area contributed by atoms with E-state index in [0.29, 0.717) is 0 Å². The maximum atomic E-state index is 4.80. The number of benzene rings is 6. The summed E-state index contributed by atoms with van der Waals surface area (Å²) in [6.45, 7) is 6.12. The van der Waals surface area contributed by atoms with Crippen LogP contribution in [0, 0.1) is 20.8 Å². The second-order valence-electron chi connectivity index (χ2n) is 12.4. The van der Waals surface area contributed by atoms with E-state index in [2.05, 4.69) is 167 Å². The number of para-hydroxylation sites is 4. The Labute approximate surface area is 273 Å². The molecule has 0 aliphatic heterocycles. The summed E-state index contributed by atoms with van der Waals surface area (Å²) in [6.07, 6.45) is 0. The van der Waals surface area contributed by atoms with Gasteiger partial charge in [0, 0.05) is 44.2 Å². The second-order valence-corrected chi connectivity index (χ2v) is 12.4. The standard InChI is InChI=1S/C43H32N4/c1-27-28(2)44-29(3)45-43(27)31-22-20-30(21-23-31)32-24-33(46-39-16-8-4-12-35(39)36-13-5-9-17-40(36)46)26-34(25-32)47-41-18-10-6-14-37(41)38-15-7-11-19-42(38)47/h4-26H,1-3H3. The van der Waals surface area contributed by atoms with E-state index >= 15 is 0 Å². The Morgan fingerprint density at radius 3 is 1.26 bits per heavy atom. The zero-order valence-electron chi connectivity index (χ0n) is 26.6. The number of hydrogen-bond donors (Lipinski definition) is 0. The number of hydrogen-bond acceptors (Lipinski definition) is 2. The summed E-state index contributed by atoms with van der Waals surface area (Å²) < 4.78 is 4.82. The molecule has 47 heavy (non-hydrogen) atoms. The molecule has 0 saturated heterocycles. The summed E-state index contributed by atoms with van der Waals surface area (Å²) in [5.41, 5.74) is 13.6. The fourth-order valence-electron chi connectivity index (χ4n) is 7.29. The van der Waals surface area contributed by atoms with E-state index < -0.39 is 0 Å². The van der Waals surface area contributed by atoms with Gasteiger partial charge in [0.2, 0.25) is 0 Å². The number of fused-ring (bicyclic) bond motifs is 6. The highest BCUT2D eigenvalue weighted by molar-refractivity contribution is 6.10. The van der Waals surface area contributed by atoms with Crippen LogP contribution in [0.15, 0.2) is 140 Å². The highest BCUT2D eigenvalue weighted by atomic mass is 15.0. The number of nitrogens with zero attached hydrogens (tertiary/aromatic N) is 4. The number of rotatable bonds is 4. The average molecular weight is 605 g/mol. The predicted octanol–water partition coefficient (Wildman–Crippen LogP) is 10.9. The van der Waals surface area contributed by atoms with E-state index in [4.69, 9.17) is 4.98 Å². The van der Waals surface area contributed by atoms with Gasteiger partial charge in [0.25, 0.3) is 0 Å². The summed E-state index contributed by atoms with van der Waals surface area (Å²) in [6, 6.07) is 50.7. The SMILES string of the molecule is Cc1nc(C)c(C)c(-c2ccc(-c3cc(-n4c5ccccc5c5ccccc54)cc(-n4c5ccccc5c5ccccc54)c3)cc2)n1. The molecular formula is C43H32N4. The van der Waals surface area contributed by atoms with E-state index in [9.17, 15) is 0 Å². The molecule has 0 radical (unpaired) electrons. The molecule has 0 N–H and O–H groups in total. The second kappa shape index (κ2) is 10.5. The smallest absolute Gasteiger partial charge is 0.126 e. The summed E-state index contributed by atoms with van der Waals surface area (Å²) in [7, 11) is 0. The van der Waals surface area contributed by atoms with Gasteiger partial charge in [-0.1, -0.05) is 97.1 Å². The van der Waals surface area contributed by atoms with Crippen molar-refractivity contribution < 1.29 is 0 Å². The summed E-state index contributed by atoms with van der Waals surface area (Å²) >= 11 is 0. The molecule has 0 fully saturated rings. The van der Waals surface area contributed by atoms with Crippen LogP contribution in [0.3, 0.4) is 0 Å². The summed E-state index contributed by atoms with van der Waals surface area (Å²) in [5.74, 6) is 0.793. The molecular weight excluding hydrogens is 573 g/mol. The molecule has 0 aliphatic rings. The lowest BCUT2D eigenvalue weighted by molar-refractivity contribution is 0.992. The van der Waals surface area contributed by atoms with Gasteiger partial charge in [-0.15, -0.1) is 0 Å². The molecule has 0 bridgehead atoms. The molecule has 0 saturated carbocycles. The topological polar surface area (TPSA) is 35.6 Å². The molecule has 0 unspecified atom stereocenters. The molecule has 3 aromatic heterocycles. The Bertz CT molecular complexity index is 2420. The van der Waals surface area contributed by atoms with E-state index in [1.54, 1.807) is 0 Å². The van der Waals surface area contributed by atoms with Crippen LogP contribution in [0.5, 0.6) is 0 Å². The average Bonchev–Trinajstić information content (AvgIpc) is 3.63. The Hall–Kier alpha value is -6.00. The molecule has 0 spiro atoms. The van der Waals surface area contributed by atoms with Crippen molar-refractivity contribution in [2.24, 2.45) is 0 Å². The lowest BCUT2D eigenvalue weighted by Gasteiger charge is -2.16. The lowest BCUT2D eigenvalue weighted by atomic mass is 9.99. The third kappa shape index (κ3) is 4.29. The van der Waals surface area contributed by atoms with Crippen molar-refractivity contribution in [3.8, 4) is 33.8 Å². The molecule has 9 rings (SSSR count). The monoisotopic (exact) mass is 604 g/mol. The van der Waals surface area contributed by atoms with Crippen molar-refractivity contribution in [1.29, 1.82) is 0 Å². The predicted molar refractivity (Wildman–Crippen MR) is 196 cm³/mol. The van der Waals surface area contributed by atoms with Crippen LogP contribution >= 0.6 is 0 Å². The minimum atomic E-state index is 0.793. The largest absolute Gasteiger partial charge is 0.309 e. The van der Waals surface area contributed by atoms with Crippen molar-refractivity contribution in [2.45, 2.75) is 20.8 Å². The normalized spacial score (nSPS) is 11.7. The fourth-order valence-corrected chi connectivity index (χ4v) is 7.29. The highest BCUT2D eigenvalue weighted by Gasteiger charge is 2.17. The van der Waals surface area contributed by atoms with Crippen LogP contribution in [0.4, 0.5) is 0 Å². The maximum absolute atomic E-state index is 4.80. The molecule has 0 amide bonds. The minimum Gasteiger partial charge on any atom is -0.309 e. The fraction of sp³-hybridized carbons (Fsp3) is 0.0698. The van der Waals surface area contributed by atoms with Gasteiger partial charge < -0.3 is 9.13 Å². The van der Waals surface area contributed by atoms with E-state index in [0.717, 1.165) is 50.8 Å². The van der Waals surface area contributed by atoms with Gasteiger partial charge in [0.05, 0.1) is 27.8 Å². The van der Waals surface area contributed by atoms with Crippen molar-refractivity contribution in [1.82, 2.24) is 19.1 Å². The first-order valence-electron chi connectivity index (χ1n) is 16.1. The van der Waals surface area contributed by atoms with Gasteiger partial charge in [-0.25, -0.2) is 9.97 Å². The van der Waals surface area contributed by atoms with Gasteiger partial charge in [-0.3, -0.25) is 0 Å². The lowest BCUT2D eigenvalue weighted by Crippen LogP contribution is -2.00. The van der Waals surface area contributed by atoms with Crippen molar-refractivity contribution in [2.75, 3.05) is 0 Å². The third-order valence-corrected chi connectivity index (χ3v) is 9.57. The molecule has 6 aromatic carbocycles. The Balaban J connectivity index is 1.32. The Morgan fingerprint density at radius 2 is 0.809 bits per heavy atom. The first kappa shape index (κ1) is 27.3. The Kier molecular flexibility index (Phi) is 6.12. The zero-order chi connectivity index (χ0) is 31.6. The van der Waals surface area contributed by atoms with Gasteiger partial charge in [0.1, 0.15) is 5.82 Å². The number of aromatic nitrogens is 4. The van der Waals surface area contributed by atoms with E-state index in [1.807, 2.05) is 6.92 Å². The molecule has 4 heteroatoms. The van der Waals surface area contributed by atoms with Gasteiger partial charge in [-0.2, -0.15) is 0 Å². The maximum Gasteiger partial charge on any atom is 0.126 e. The molecule has 0 aliphatic carbocycles. The van der Waals surface area contributed by atoms with Crippen LogP contribution in [0.25, 0.3) is 77.4 Å². The highest BCUT2D eigenvalue weighted by Crippen LogP contribution is 2.38. The van der Waals surface area contributed by atoms with Crippen LogP contribution in [-0.2, 0) is 0 Å². The molecule has 224 valence electrons. The van der Waals surface area contributed by atoms with Crippen LogP contribution in [0.2, 0.25) is 0 Å². The minimum absolute atomic E-state index is 0.793. The zero-order valence-corrected chi connectivity index (χ0v) is 26.6. The van der Waals surface area contributed by atoms with Crippen LogP contribution in [-0.4, -0.2) is 19.1 Å². The summed E-state index contributed by atoms with van der Waals surface area (Å²) in [5, 5.41) is 5.01. The molecule has 4 nitrogen and oxygen atoms in total. The first-order chi connectivity index (χ1) is 23.0.